The quantitative estimate of drug-likeness (QED) is 0.720. The van der Waals surface area contributed by atoms with Gasteiger partial charge in [0.05, 0.1) is 6.61 Å². The fourth-order valence-corrected chi connectivity index (χ4v) is 2.82. The van der Waals surface area contributed by atoms with E-state index in [9.17, 15) is 4.79 Å². The summed E-state index contributed by atoms with van der Waals surface area (Å²) in [5.74, 6) is 0.556. The SMILES string of the molecule is CCCOc1ncccc1CNC(=O)C1CC(c2ccccc2)NN1. The van der Waals surface area contributed by atoms with Gasteiger partial charge in [0, 0.05) is 24.3 Å². The van der Waals surface area contributed by atoms with Crippen LogP contribution in [0.15, 0.2) is 48.7 Å². The Kier molecular flexibility index (Phi) is 5.98. The van der Waals surface area contributed by atoms with E-state index < -0.39 is 0 Å². The van der Waals surface area contributed by atoms with Gasteiger partial charge < -0.3 is 10.1 Å². The van der Waals surface area contributed by atoms with E-state index in [1.807, 2.05) is 37.3 Å². The van der Waals surface area contributed by atoms with Gasteiger partial charge in [0.15, 0.2) is 0 Å². The van der Waals surface area contributed by atoms with Crippen LogP contribution in [0.5, 0.6) is 5.88 Å². The zero-order valence-electron chi connectivity index (χ0n) is 14.4. The molecule has 132 valence electrons. The fourth-order valence-electron chi connectivity index (χ4n) is 2.82. The van der Waals surface area contributed by atoms with Crippen molar-refractivity contribution < 1.29 is 9.53 Å². The molecule has 2 aromatic rings. The van der Waals surface area contributed by atoms with Crippen LogP contribution >= 0.6 is 0 Å². The van der Waals surface area contributed by atoms with Crippen LogP contribution < -0.4 is 20.9 Å². The van der Waals surface area contributed by atoms with E-state index in [1.54, 1.807) is 6.20 Å². The molecular formula is C19H24N4O2. The summed E-state index contributed by atoms with van der Waals surface area (Å²) in [4.78, 5) is 16.7. The van der Waals surface area contributed by atoms with E-state index in [1.165, 1.54) is 5.56 Å². The van der Waals surface area contributed by atoms with Gasteiger partial charge in [-0.05, 0) is 24.5 Å². The van der Waals surface area contributed by atoms with Crippen molar-refractivity contribution in [3.05, 3.63) is 59.8 Å². The van der Waals surface area contributed by atoms with E-state index in [-0.39, 0.29) is 18.0 Å². The lowest BCUT2D eigenvalue weighted by Gasteiger charge is -2.13. The predicted octanol–water partition coefficient (Wildman–Crippen LogP) is 2.09. The number of benzene rings is 1. The molecule has 0 spiro atoms. The number of hydrogen-bond acceptors (Lipinski definition) is 5. The third-order valence-corrected chi connectivity index (χ3v) is 4.17. The maximum atomic E-state index is 12.4. The minimum Gasteiger partial charge on any atom is -0.477 e. The highest BCUT2D eigenvalue weighted by molar-refractivity contribution is 5.82. The average molecular weight is 340 g/mol. The standard InChI is InChI=1S/C19H24N4O2/c1-2-11-25-19-15(9-6-10-20-19)13-21-18(24)17-12-16(22-23-17)14-7-4-3-5-8-14/h3-10,16-17,22-23H,2,11-13H2,1H3,(H,21,24). The number of pyridine rings is 1. The molecule has 1 aliphatic heterocycles. The highest BCUT2D eigenvalue weighted by Gasteiger charge is 2.29. The Morgan fingerprint density at radius 1 is 1.24 bits per heavy atom. The first-order chi connectivity index (χ1) is 12.3. The van der Waals surface area contributed by atoms with Gasteiger partial charge in [-0.25, -0.2) is 15.8 Å². The van der Waals surface area contributed by atoms with Gasteiger partial charge in [0.1, 0.15) is 6.04 Å². The molecule has 1 aromatic carbocycles. The minimum atomic E-state index is -0.262. The van der Waals surface area contributed by atoms with Crippen LogP contribution in [-0.4, -0.2) is 23.5 Å². The Hall–Kier alpha value is -2.44. The van der Waals surface area contributed by atoms with E-state index >= 15 is 0 Å². The molecule has 3 N–H and O–H groups in total. The highest BCUT2D eigenvalue weighted by Crippen LogP contribution is 2.22. The van der Waals surface area contributed by atoms with Gasteiger partial charge in [-0.1, -0.05) is 43.3 Å². The third-order valence-electron chi connectivity index (χ3n) is 4.17. The van der Waals surface area contributed by atoms with Crippen LogP contribution in [0.2, 0.25) is 0 Å². The number of hydrogen-bond donors (Lipinski definition) is 3. The van der Waals surface area contributed by atoms with Gasteiger partial charge in [0.2, 0.25) is 11.8 Å². The number of carbonyl (C=O) groups is 1. The summed E-state index contributed by atoms with van der Waals surface area (Å²) in [5, 5.41) is 2.97. The summed E-state index contributed by atoms with van der Waals surface area (Å²) in [5.41, 5.74) is 8.33. The Morgan fingerprint density at radius 2 is 2.08 bits per heavy atom. The van der Waals surface area contributed by atoms with Crippen molar-refractivity contribution in [2.75, 3.05) is 6.61 Å². The molecule has 2 heterocycles. The van der Waals surface area contributed by atoms with E-state index in [2.05, 4.69) is 33.3 Å². The fraction of sp³-hybridized carbons (Fsp3) is 0.368. The van der Waals surface area contributed by atoms with Crippen molar-refractivity contribution in [2.24, 2.45) is 0 Å². The molecule has 1 amide bonds. The molecule has 6 heteroatoms. The van der Waals surface area contributed by atoms with Crippen LogP contribution in [0.4, 0.5) is 0 Å². The van der Waals surface area contributed by atoms with Crippen molar-refractivity contribution in [3.8, 4) is 5.88 Å². The largest absolute Gasteiger partial charge is 0.477 e. The van der Waals surface area contributed by atoms with Crippen molar-refractivity contribution in [3.63, 3.8) is 0 Å². The topological polar surface area (TPSA) is 75.3 Å². The van der Waals surface area contributed by atoms with Crippen molar-refractivity contribution >= 4 is 5.91 Å². The molecule has 1 fully saturated rings. The number of hydrazine groups is 1. The average Bonchev–Trinajstić information content (AvgIpc) is 3.16. The number of nitrogens with zero attached hydrogens (tertiary/aromatic N) is 1. The van der Waals surface area contributed by atoms with Crippen LogP contribution in [0, 0.1) is 0 Å². The molecule has 0 saturated carbocycles. The minimum absolute atomic E-state index is 0.0313. The molecule has 0 radical (unpaired) electrons. The van der Waals surface area contributed by atoms with Gasteiger partial charge in [0.25, 0.3) is 0 Å². The Balaban J connectivity index is 1.54. The monoisotopic (exact) mass is 340 g/mol. The molecule has 2 unspecified atom stereocenters. The van der Waals surface area contributed by atoms with Crippen molar-refractivity contribution in [2.45, 2.75) is 38.4 Å². The number of aromatic nitrogens is 1. The summed E-state index contributed by atoms with van der Waals surface area (Å²) in [6.07, 6.45) is 3.33. The van der Waals surface area contributed by atoms with Gasteiger partial charge in [-0.15, -0.1) is 0 Å². The summed E-state index contributed by atoms with van der Waals surface area (Å²) in [6.45, 7) is 3.07. The Labute approximate surface area is 148 Å². The van der Waals surface area contributed by atoms with Crippen LogP contribution in [0.25, 0.3) is 0 Å². The Bertz CT molecular complexity index is 693. The normalized spacial score (nSPS) is 19.6. The van der Waals surface area contributed by atoms with Crippen molar-refractivity contribution in [1.29, 1.82) is 0 Å². The molecule has 1 aliphatic rings. The van der Waals surface area contributed by atoms with Crippen LogP contribution in [-0.2, 0) is 11.3 Å². The maximum absolute atomic E-state index is 12.4. The maximum Gasteiger partial charge on any atom is 0.238 e. The smallest absolute Gasteiger partial charge is 0.238 e. The number of carbonyl (C=O) groups excluding carboxylic acids is 1. The molecule has 0 bridgehead atoms. The summed E-state index contributed by atoms with van der Waals surface area (Å²) in [7, 11) is 0. The van der Waals surface area contributed by atoms with Gasteiger partial charge in [-0.2, -0.15) is 0 Å². The second-order valence-electron chi connectivity index (χ2n) is 6.07. The number of ether oxygens (including phenoxy) is 1. The first-order valence-corrected chi connectivity index (χ1v) is 8.68. The lowest BCUT2D eigenvalue weighted by atomic mass is 10.0. The van der Waals surface area contributed by atoms with Crippen molar-refractivity contribution in [1.82, 2.24) is 21.2 Å². The number of nitrogens with one attached hydrogen (secondary N) is 3. The zero-order valence-corrected chi connectivity index (χ0v) is 14.4. The summed E-state index contributed by atoms with van der Waals surface area (Å²) < 4.78 is 5.63. The number of rotatable bonds is 7. The first kappa shape index (κ1) is 17.4. The lowest BCUT2D eigenvalue weighted by Crippen LogP contribution is -2.42. The van der Waals surface area contributed by atoms with E-state index in [0.717, 1.165) is 12.0 Å². The zero-order chi connectivity index (χ0) is 17.5. The Morgan fingerprint density at radius 3 is 2.88 bits per heavy atom. The molecule has 0 aliphatic carbocycles. The number of amides is 1. The summed E-state index contributed by atoms with van der Waals surface area (Å²) >= 11 is 0. The van der Waals surface area contributed by atoms with Crippen LogP contribution in [0.3, 0.4) is 0 Å². The second kappa shape index (κ2) is 8.60. The molecule has 2 atom stereocenters. The predicted molar refractivity (Wildman–Crippen MR) is 95.7 cm³/mol. The molecule has 3 rings (SSSR count). The lowest BCUT2D eigenvalue weighted by molar-refractivity contribution is -0.123. The van der Waals surface area contributed by atoms with Gasteiger partial charge >= 0.3 is 0 Å². The second-order valence-corrected chi connectivity index (χ2v) is 6.07. The first-order valence-electron chi connectivity index (χ1n) is 8.68. The van der Waals surface area contributed by atoms with Gasteiger partial charge in [-0.3, -0.25) is 4.79 Å². The van der Waals surface area contributed by atoms with E-state index in [4.69, 9.17) is 4.74 Å². The third kappa shape index (κ3) is 4.55. The molecule has 6 nitrogen and oxygen atoms in total. The van der Waals surface area contributed by atoms with E-state index in [0.29, 0.717) is 25.5 Å². The summed E-state index contributed by atoms with van der Waals surface area (Å²) in [6, 6.07) is 13.8. The van der Waals surface area contributed by atoms with Crippen LogP contribution in [0.1, 0.15) is 36.9 Å². The molecule has 1 saturated heterocycles. The molecule has 25 heavy (non-hydrogen) atoms. The molecule has 1 aromatic heterocycles. The molecular weight excluding hydrogens is 316 g/mol. The highest BCUT2D eigenvalue weighted by atomic mass is 16.5.